The van der Waals surface area contributed by atoms with Gasteiger partial charge in [0.05, 0.1) is 0 Å². The molecule has 1 heterocycles. The van der Waals surface area contributed by atoms with E-state index >= 15 is 0 Å². The molecule has 0 radical (unpaired) electrons. The molecule has 0 bridgehead atoms. The quantitative estimate of drug-likeness (QED) is 0.792. The molecule has 1 aromatic rings. The van der Waals surface area contributed by atoms with Crippen LogP contribution in [0.5, 0.6) is 0 Å². The van der Waals surface area contributed by atoms with Gasteiger partial charge in [-0.25, -0.2) is 0 Å². The summed E-state index contributed by atoms with van der Waals surface area (Å²) in [6.45, 7) is 0. The molecule has 0 saturated heterocycles. The first-order valence-electron chi connectivity index (χ1n) is 5.72. The highest BCUT2D eigenvalue weighted by molar-refractivity contribution is 5.41. The van der Waals surface area contributed by atoms with Crippen LogP contribution < -0.4 is 10.6 Å². The molecule has 0 atom stereocenters. The third-order valence-corrected chi connectivity index (χ3v) is 3.19. The predicted molar refractivity (Wildman–Crippen MR) is 63.0 cm³/mol. The van der Waals surface area contributed by atoms with E-state index in [0.717, 1.165) is 6.04 Å². The normalized spacial score (nSPS) is 26.2. The molecule has 2 rings (SSSR count). The summed E-state index contributed by atoms with van der Waals surface area (Å²) < 4.78 is 0. The first kappa shape index (κ1) is 10.4. The van der Waals surface area contributed by atoms with E-state index in [0.29, 0.717) is 6.04 Å². The number of anilines is 1. The molecular weight excluding hydrogens is 186 g/mol. The zero-order valence-corrected chi connectivity index (χ0v) is 9.24. The Balaban J connectivity index is 1.82. The van der Waals surface area contributed by atoms with Crippen LogP contribution in [0.25, 0.3) is 0 Å². The smallest absolute Gasteiger partial charge is 0.0373 e. The molecule has 2 N–H and O–H groups in total. The Morgan fingerprint density at radius 1 is 1.07 bits per heavy atom. The average molecular weight is 205 g/mol. The van der Waals surface area contributed by atoms with Crippen LogP contribution in [0.4, 0.5) is 5.69 Å². The first-order valence-corrected chi connectivity index (χ1v) is 5.72. The highest BCUT2D eigenvalue weighted by Gasteiger charge is 2.19. The van der Waals surface area contributed by atoms with Gasteiger partial charge in [-0.05, 0) is 44.9 Å². The lowest BCUT2D eigenvalue weighted by molar-refractivity contribution is 0.371. The van der Waals surface area contributed by atoms with Crippen LogP contribution in [0.2, 0.25) is 0 Å². The summed E-state index contributed by atoms with van der Waals surface area (Å²) in [5.74, 6) is 0. The maximum atomic E-state index is 4.01. The number of aromatic nitrogens is 1. The Morgan fingerprint density at radius 3 is 2.27 bits per heavy atom. The molecule has 1 aliphatic rings. The molecule has 82 valence electrons. The van der Waals surface area contributed by atoms with Crippen molar-refractivity contribution < 1.29 is 0 Å². The van der Waals surface area contributed by atoms with E-state index in [1.165, 1.54) is 31.4 Å². The van der Waals surface area contributed by atoms with Crippen molar-refractivity contribution in [1.29, 1.82) is 0 Å². The van der Waals surface area contributed by atoms with E-state index in [1.807, 2.05) is 24.5 Å². The van der Waals surface area contributed by atoms with Gasteiger partial charge in [-0.3, -0.25) is 4.98 Å². The van der Waals surface area contributed by atoms with Crippen LogP contribution in [-0.2, 0) is 0 Å². The van der Waals surface area contributed by atoms with Crippen LogP contribution >= 0.6 is 0 Å². The average Bonchev–Trinajstić information content (AvgIpc) is 2.31. The van der Waals surface area contributed by atoms with Crippen molar-refractivity contribution in [3.8, 4) is 0 Å². The molecule has 1 saturated carbocycles. The first-order chi connectivity index (χ1) is 7.38. The van der Waals surface area contributed by atoms with Crippen molar-refractivity contribution in [2.45, 2.75) is 37.8 Å². The number of rotatable bonds is 3. The third kappa shape index (κ3) is 2.93. The summed E-state index contributed by atoms with van der Waals surface area (Å²) in [6, 6.07) is 5.42. The van der Waals surface area contributed by atoms with Gasteiger partial charge in [0.1, 0.15) is 0 Å². The Bertz CT molecular complexity index is 278. The maximum Gasteiger partial charge on any atom is 0.0373 e. The van der Waals surface area contributed by atoms with Crippen molar-refractivity contribution in [1.82, 2.24) is 10.3 Å². The molecular formula is C12H19N3. The fourth-order valence-electron chi connectivity index (χ4n) is 2.21. The van der Waals surface area contributed by atoms with Crippen molar-refractivity contribution in [3.05, 3.63) is 24.5 Å². The van der Waals surface area contributed by atoms with Gasteiger partial charge in [-0.2, -0.15) is 0 Å². The summed E-state index contributed by atoms with van der Waals surface area (Å²) in [5, 5.41) is 6.91. The molecule has 3 heteroatoms. The summed E-state index contributed by atoms with van der Waals surface area (Å²) in [4.78, 5) is 4.01. The molecule has 0 aromatic carbocycles. The number of hydrogen-bond acceptors (Lipinski definition) is 3. The van der Waals surface area contributed by atoms with E-state index < -0.39 is 0 Å². The summed E-state index contributed by atoms with van der Waals surface area (Å²) in [5.41, 5.74) is 1.19. The number of pyridine rings is 1. The zero-order valence-electron chi connectivity index (χ0n) is 9.24. The minimum absolute atomic E-state index is 0.636. The SMILES string of the molecule is CNC1CCC(Nc2ccncc2)CC1. The molecule has 15 heavy (non-hydrogen) atoms. The van der Waals surface area contributed by atoms with Crippen molar-refractivity contribution >= 4 is 5.69 Å². The molecule has 0 spiro atoms. The van der Waals surface area contributed by atoms with Crippen LogP contribution in [-0.4, -0.2) is 24.1 Å². The van der Waals surface area contributed by atoms with Crippen molar-refractivity contribution in [2.24, 2.45) is 0 Å². The van der Waals surface area contributed by atoms with Gasteiger partial charge in [0.2, 0.25) is 0 Å². The van der Waals surface area contributed by atoms with Crippen LogP contribution in [0.15, 0.2) is 24.5 Å². The minimum Gasteiger partial charge on any atom is -0.382 e. The van der Waals surface area contributed by atoms with Gasteiger partial charge in [-0.1, -0.05) is 0 Å². The Morgan fingerprint density at radius 2 is 1.67 bits per heavy atom. The van der Waals surface area contributed by atoms with Crippen LogP contribution in [0.3, 0.4) is 0 Å². The third-order valence-electron chi connectivity index (χ3n) is 3.19. The van der Waals surface area contributed by atoms with Gasteiger partial charge in [-0.15, -0.1) is 0 Å². The van der Waals surface area contributed by atoms with Crippen molar-refractivity contribution in [2.75, 3.05) is 12.4 Å². The topological polar surface area (TPSA) is 37.0 Å². The van der Waals surface area contributed by atoms with Gasteiger partial charge in [0, 0.05) is 30.2 Å². The standard InChI is InChI=1S/C12H19N3/c1-13-10-2-4-11(5-3-10)15-12-6-8-14-9-7-12/h6-11,13H,2-5H2,1H3,(H,14,15). The second-order valence-electron chi connectivity index (χ2n) is 4.22. The second kappa shape index (κ2) is 5.12. The van der Waals surface area contributed by atoms with E-state index in [-0.39, 0.29) is 0 Å². The summed E-state index contributed by atoms with van der Waals surface area (Å²) in [6.07, 6.45) is 8.74. The maximum absolute atomic E-state index is 4.01. The molecule has 1 fully saturated rings. The van der Waals surface area contributed by atoms with E-state index in [1.54, 1.807) is 0 Å². The molecule has 1 aromatic heterocycles. The minimum atomic E-state index is 0.636. The van der Waals surface area contributed by atoms with Gasteiger partial charge >= 0.3 is 0 Å². The highest BCUT2D eigenvalue weighted by Crippen LogP contribution is 2.21. The molecule has 0 unspecified atom stereocenters. The van der Waals surface area contributed by atoms with Gasteiger partial charge < -0.3 is 10.6 Å². The summed E-state index contributed by atoms with van der Waals surface area (Å²) >= 11 is 0. The fraction of sp³-hybridized carbons (Fsp3) is 0.583. The summed E-state index contributed by atoms with van der Waals surface area (Å²) in [7, 11) is 2.06. The molecule has 0 aliphatic heterocycles. The van der Waals surface area contributed by atoms with E-state index in [2.05, 4.69) is 22.7 Å². The Kier molecular flexibility index (Phi) is 3.56. The van der Waals surface area contributed by atoms with E-state index in [4.69, 9.17) is 0 Å². The predicted octanol–water partition coefficient (Wildman–Crippen LogP) is 2.02. The lowest BCUT2D eigenvalue weighted by atomic mass is 9.91. The number of nitrogens with one attached hydrogen (secondary N) is 2. The van der Waals surface area contributed by atoms with Gasteiger partial charge in [0.25, 0.3) is 0 Å². The molecule has 1 aliphatic carbocycles. The largest absolute Gasteiger partial charge is 0.382 e. The molecule has 0 amide bonds. The lowest BCUT2D eigenvalue weighted by Gasteiger charge is -2.29. The fourth-order valence-corrected chi connectivity index (χ4v) is 2.21. The van der Waals surface area contributed by atoms with Gasteiger partial charge in [0.15, 0.2) is 0 Å². The van der Waals surface area contributed by atoms with Crippen molar-refractivity contribution in [3.63, 3.8) is 0 Å². The number of hydrogen-bond donors (Lipinski definition) is 2. The Hall–Kier alpha value is -1.09. The zero-order chi connectivity index (χ0) is 10.5. The number of nitrogens with zero attached hydrogens (tertiary/aromatic N) is 1. The van der Waals surface area contributed by atoms with Crippen LogP contribution in [0, 0.1) is 0 Å². The van der Waals surface area contributed by atoms with E-state index in [9.17, 15) is 0 Å². The highest BCUT2D eigenvalue weighted by atomic mass is 14.9. The monoisotopic (exact) mass is 205 g/mol. The lowest BCUT2D eigenvalue weighted by Crippen LogP contribution is -2.34. The van der Waals surface area contributed by atoms with Crippen LogP contribution in [0.1, 0.15) is 25.7 Å². The Labute approximate surface area is 91.3 Å². The second-order valence-corrected chi connectivity index (χ2v) is 4.22. The molecule has 3 nitrogen and oxygen atoms in total.